The molecule has 0 aliphatic rings. The molecule has 0 fully saturated rings. The summed E-state index contributed by atoms with van der Waals surface area (Å²) in [6.45, 7) is 0. The molecule has 0 unspecified atom stereocenters. The Morgan fingerprint density at radius 1 is 1.10 bits per heavy atom. The van der Waals surface area contributed by atoms with Gasteiger partial charge in [-0.2, -0.15) is 4.98 Å². The number of rotatable bonds is 2. The third-order valence-corrected chi connectivity index (χ3v) is 3.04. The zero-order valence-corrected chi connectivity index (χ0v) is 10.8. The number of halogens is 2. The third kappa shape index (κ3) is 2.35. The number of benzene rings is 2. The van der Waals surface area contributed by atoms with E-state index in [4.69, 9.17) is 16.1 Å². The van der Waals surface area contributed by atoms with Crippen LogP contribution in [0.4, 0.5) is 4.39 Å². The molecule has 0 aliphatic carbocycles. The minimum atomic E-state index is -0.339. The molecule has 6 heteroatoms. The van der Waals surface area contributed by atoms with Gasteiger partial charge >= 0.3 is 0 Å². The van der Waals surface area contributed by atoms with Crippen LogP contribution in [0, 0.1) is 5.82 Å². The van der Waals surface area contributed by atoms with Crippen molar-refractivity contribution in [1.82, 2.24) is 10.1 Å². The number of aromatic hydroxyl groups is 1. The molecular formula is C14H8ClFN2O2. The van der Waals surface area contributed by atoms with Crippen molar-refractivity contribution in [3.63, 3.8) is 0 Å². The summed E-state index contributed by atoms with van der Waals surface area (Å²) < 4.78 is 18.0. The molecule has 0 bridgehead atoms. The molecule has 1 N–H and O–H groups in total. The molecular weight excluding hydrogens is 283 g/mol. The van der Waals surface area contributed by atoms with Gasteiger partial charge in [0.15, 0.2) is 0 Å². The number of hydrogen-bond donors (Lipinski definition) is 1. The molecule has 0 amide bonds. The van der Waals surface area contributed by atoms with E-state index in [1.165, 1.54) is 30.3 Å². The van der Waals surface area contributed by atoms with E-state index in [-0.39, 0.29) is 17.5 Å². The van der Waals surface area contributed by atoms with E-state index in [2.05, 4.69) is 10.1 Å². The largest absolute Gasteiger partial charge is 0.508 e. The van der Waals surface area contributed by atoms with E-state index in [1.54, 1.807) is 12.1 Å². The van der Waals surface area contributed by atoms with E-state index in [1.807, 2.05) is 0 Å². The molecule has 20 heavy (non-hydrogen) atoms. The van der Waals surface area contributed by atoms with Crippen LogP contribution in [0.25, 0.3) is 22.8 Å². The maximum atomic E-state index is 12.9. The highest BCUT2D eigenvalue weighted by Gasteiger charge is 2.14. The Morgan fingerprint density at radius 3 is 2.60 bits per heavy atom. The topological polar surface area (TPSA) is 59.2 Å². The molecule has 2 aromatic carbocycles. The summed E-state index contributed by atoms with van der Waals surface area (Å²) in [7, 11) is 0. The van der Waals surface area contributed by atoms with Gasteiger partial charge in [-0.1, -0.05) is 16.8 Å². The van der Waals surface area contributed by atoms with Crippen molar-refractivity contribution in [1.29, 1.82) is 0 Å². The molecule has 0 radical (unpaired) electrons. The zero-order chi connectivity index (χ0) is 14.1. The lowest BCUT2D eigenvalue weighted by Crippen LogP contribution is -1.83. The average Bonchev–Trinajstić information content (AvgIpc) is 2.92. The number of nitrogens with zero attached hydrogens (tertiary/aromatic N) is 2. The van der Waals surface area contributed by atoms with Gasteiger partial charge in [-0.3, -0.25) is 0 Å². The molecule has 4 nitrogen and oxygen atoms in total. The molecule has 0 saturated carbocycles. The van der Waals surface area contributed by atoms with Crippen LogP contribution in [-0.2, 0) is 0 Å². The minimum absolute atomic E-state index is 0.0472. The van der Waals surface area contributed by atoms with Crippen molar-refractivity contribution >= 4 is 11.6 Å². The van der Waals surface area contributed by atoms with Gasteiger partial charge in [0.2, 0.25) is 5.82 Å². The number of aromatic nitrogens is 2. The Hall–Kier alpha value is -2.40. The van der Waals surface area contributed by atoms with Gasteiger partial charge < -0.3 is 9.63 Å². The number of phenolic OH excluding ortho intramolecular Hbond substituents is 1. The highest BCUT2D eigenvalue weighted by atomic mass is 35.5. The molecule has 3 aromatic rings. The molecule has 1 heterocycles. The van der Waals surface area contributed by atoms with Crippen LogP contribution in [0.2, 0.25) is 5.02 Å². The van der Waals surface area contributed by atoms with Crippen molar-refractivity contribution in [2.75, 3.05) is 0 Å². The fourth-order valence-electron chi connectivity index (χ4n) is 1.73. The summed E-state index contributed by atoms with van der Waals surface area (Å²) in [4.78, 5) is 4.19. The standard InChI is InChI=1S/C14H8ClFN2O2/c15-12-6-5-10(19)7-11(12)14-17-13(18-20-14)8-1-3-9(16)4-2-8/h1-7,19H. The maximum absolute atomic E-state index is 12.9. The van der Waals surface area contributed by atoms with Gasteiger partial charge in [0.25, 0.3) is 5.89 Å². The Balaban J connectivity index is 2.01. The monoisotopic (exact) mass is 290 g/mol. The van der Waals surface area contributed by atoms with E-state index in [0.29, 0.717) is 22.0 Å². The lowest BCUT2D eigenvalue weighted by molar-refractivity contribution is 0.431. The first kappa shape index (κ1) is 12.6. The van der Waals surface area contributed by atoms with Crippen molar-refractivity contribution in [3.8, 4) is 28.6 Å². The molecule has 0 atom stereocenters. The Bertz CT molecular complexity index is 756. The highest BCUT2D eigenvalue weighted by Crippen LogP contribution is 2.31. The van der Waals surface area contributed by atoms with Crippen LogP contribution >= 0.6 is 11.6 Å². The fourth-order valence-corrected chi connectivity index (χ4v) is 1.92. The van der Waals surface area contributed by atoms with Crippen LogP contribution in [0.1, 0.15) is 0 Å². The van der Waals surface area contributed by atoms with Crippen molar-refractivity contribution in [2.24, 2.45) is 0 Å². The van der Waals surface area contributed by atoms with Gasteiger partial charge in [0, 0.05) is 5.56 Å². The van der Waals surface area contributed by atoms with Gasteiger partial charge in [0.1, 0.15) is 11.6 Å². The summed E-state index contributed by atoms with van der Waals surface area (Å²) >= 11 is 6.02. The van der Waals surface area contributed by atoms with E-state index >= 15 is 0 Å². The summed E-state index contributed by atoms with van der Waals surface area (Å²) in [6, 6.07) is 10.2. The molecule has 0 aliphatic heterocycles. The first-order valence-electron chi connectivity index (χ1n) is 5.72. The average molecular weight is 291 g/mol. The minimum Gasteiger partial charge on any atom is -0.508 e. The van der Waals surface area contributed by atoms with Crippen LogP contribution in [0.15, 0.2) is 47.0 Å². The second-order valence-corrected chi connectivity index (χ2v) is 4.50. The predicted octanol–water partition coefficient (Wildman–Crippen LogP) is 3.90. The normalized spacial score (nSPS) is 10.7. The Kier molecular flexibility index (Phi) is 3.12. The van der Waals surface area contributed by atoms with Crippen molar-refractivity contribution in [2.45, 2.75) is 0 Å². The van der Waals surface area contributed by atoms with Crippen molar-refractivity contribution in [3.05, 3.63) is 53.3 Å². The van der Waals surface area contributed by atoms with E-state index in [9.17, 15) is 9.50 Å². The van der Waals surface area contributed by atoms with Crippen LogP contribution < -0.4 is 0 Å². The molecule has 0 saturated heterocycles. The Labute approximate surface area is 118 Å². The lowest BCUT2D eigenvalue weighted by Gasteiger charge is -1.98. The first-order chi connectivity index (χ1) is 9.63. The van der Waals surface area contributed by atoms with E-state index in [0.717, 1.165) is 0 Å². The highest BCUT2D eigenvalue weighted by molar-refractivity contribution is 6.33. The van der Waals surface area contributed by atoms with Gasteiger partial charge in [-0.15, -0.1) is 0 Å². The third-order valence-electron chi connectivity index (χ3n) is 2.71. The zero-order valence-electron chi connectivity index (χ0n) is 10.0. The number of hydrogen-bond acceptors (Lipinski definition) is 4. The quantitative estimate of drug-likeness (QED) is 0.777. The predicted molar refractivity (Wildman–Crippen MR) is 71.8 cm³/mol. The second kappa shape index (κ2) is 4.94. The summed E-state index contributed by atoms with van der Waals surface area (Å²) in [5.74, 6) is 0.212. The van der Waals surface area contributed by atoms with Gasteiger partial charge in [-0.25, -0.2) is 4.39 Å². The second-order valence-electron chi connectivity index (χ2n) is 4.09. The van der Waals surface area contributed by atoms with Crippen LogP contribution in [0.5, 0.6) is 5.75 Å². The SMILES string of the molecule is Oc1ccc(Cl)c(-c2nc(-c3ccc(F)cc3)no2)c1. The smallest absolute Gasteiger partial charge is 0.259 e. The van der Waals surface area contributed by atoms with Gasteiger partial charge in [-0.05, 0) is 42.5 Å². The lowest BCUT2D eigenvalue weighted by atomic mass is 10.2. The van der Waals surface area contributed by atoms with Crippen LogP contribution in [0.3, 0.4) is 0 Å². The number of phenols is 1. The van der Waals surface area contributed by atoms with E-state index < -0.39 is 0 Å². The van der Waals surface area contributed by atoms with Gasteiger partial charge in [0.05, 0.1) is 10.6 Å². The summed E-state index contributed by atoms with van der Waals surface area (Å²) in [6.07, 6.45) is 0. The van der Waals surface area contributed by atoms with Crippen molar-refractivity contribution < 1.29 is 14.0 Å². The Morgan fingerprint density at radius 2 is 1.85 bits per heavy atom. The molecule has 0 spiro atoms. The summed E-state index contributed by atoms with van der Waals surface area (Å²) in [5, 5.41) is 13.7. The fraction of sp³-hybridized carbons (Fsp3) is 0. The molecule has 1 aromatic heterocycles. The maximum Gasteiger partial charge on any atom is 0.259 e. The summed E-state index contributed by atoms with van der Waals surface area (Å²) in [5.41, 5.74) is 1.06. The first-order valence-corrected chi connectivity index (χ1v) is 6.10. The van der Waals surface area contributed by atoms with Crippen LogP contribution in [-0.4, -0.2) is 15.2 Å². The molecule has 3 rings (SSSR count). The molecule has 100 valence electrons.